The average Bonchev–Trinajstić information content (AvgIpc) is 3.12. The van der Waals surface area contributed by atoms with Gasteiger partial charge in [0.2, 0.25) is 11.8 Å². The third-order valence-electron chi connectivity index (χ3n) is 3.18. The van der Waals surface area contributed by atoms with Gasteiger partial charge in [0.15, 0.2) is 0 Å². The molecule has 2 amide bonds. The number of carbonyl (C=O) groups excluding carboxylic acids is 2. The first kappa shape index (κ1) is 13.1. The molecule has 0 saturated heterocycles. The number of amides is 2. The quantitative estimate of drug-likeness (QED) is 0.672. The van der Waals surface area contributed by atoms with E-state index in [9.17, 15) is 14.4 Å². The zero-order valence-electron chi connectivity index (χ0n) is 10.2. The number of primary amides is 1. The first-order chi connectivity index (χ1) is 8.94. The Labute approximate surface area is 109 Å². The standard InChI is InChI=1S/C13H14N2O4/c14-10(16)7-8-1-3-9(4-2-8)15-11(17)13(5-6-13)12(18)19/h1-4H,5-7H2,(H2,14,16)(H,15,17)(H,18,19). The van der Waals surface area contributed by atoms with Gasteiger partial charge in [0.05, 0.1) is 6.42 Å². The van der Waals surface area contributed by atoms with Crippen molar-refractivity contribution in [1.29, 1.82) is 0 Å². The summed E-state index contributed by atoms with van der Waals surface area (Å²) < 4.78 is 0. The summed E-state index contributed by atoms with van der Waals surface area (Å²) in [5, 5.41) is 11.6. The first-order valence-electron chi connectivity index (χ1n) is 5.86. The molecule has 1 aromatic rings. The van der Waals surface area contributed by atoms with Crippen molar-refractivity contribution in [3.63, 3.8) is 0 Å². The van der Waals surface area contributed by atoms with Gasteiger partial charge in [0, 0.05) is 5.69 Å². The molecular formula is C13H14N2O4. The van der Waals surface area contributed by atoms with Crippen LogP contribution in [0.4, 0.5) is 5.69 Å². The van der Waals surface area contributed by atoms with Crippen LogP contribution < -0.4 is 11.1 Å². The molecule has 4 N–H and O–H groups in total. The highest BCUT2D eigenvalue weighted by Crippen LogP contribution is 2.46. The number of nitrogens with one attached hydrogen (secondary N) is 1. The van der Waals surface area contributed by atoms with E-state index in [2.05, 4.69) is 5.32 Å². The maximum Gasteiger partial charge on any atom is 0.319 e. The van der Waals surface area contributed by atoms with Crippen molar-refractivity contribution < 1.29 is 19.5 Å². The number of benzene rings is 1. The van der Waals surface area contributed by atoms with Crippen molar-refractivity contribution in [2.45, 2.75) is 19.3 Å². The fraction of sp³-hybridized carbons (Fsp3) is 0.308. The van der Waals surface area contributed by atoms with Crippen LogP contribution in [0.15, 0.2) is 24.3 Å². The van der Waals surface area contributed by atoms with Crippen LogP contribution in [0, 0.1) is 5.41 Å². The Balaban J connectivity index is 2.02. The average molecular weight is 262 g/mol. The second-order valence-corrected chi connectivity index (χ2v) is 4.68. The monoisotopic (exact) mass is 262 g/mol. The van der Waals surface area contributed by atoms with Crippen LogP contribution in [0.5, 0.6) is 0 Å². The molecule has 100 valence electrons. The highest BCUT2D eigenvalue weighted by Gasteiger charge is 2.57. The lowest BCUT2D eigenvalue weighted by Crippen LogP contribution is -2.31. The van der Waals surface area contributed by atoms with E-state index in [1.807, 2.05) is 0 Å². The van der Waals surface area contributed by atoms with Crippen molar-refractivity contribution in [3.05, 3.63) is 29.8 Å². The summed E-state index contributed by atoms with van der Waals surface area (Å²) in [6, 6.07) is 6.57. The van der Waals surface area contributed by atoms with Gasteiger partial charge in [-0.2, -0.15) is 0 Å². The van der Waals surface area contributed by atoms with E-state index in [-0.39, 0.29) is 6.42 Å². The van der Waals surface area contributed by atoms with Gasteiger partial charge < -0.3 is 16.2 Å². The predicted octanol–water partition coefficient (Wildman–Crippen LogP) is 0.518. The number of rotatable bonds is 5. The number of hydrogen-bond acceptors (Lipinski definition) is 3. The zero-order chi connectivity index (χ0) is 14.0. The van der Waals surface area contributed by atoms with Crippen LogP contribution in [0.3, 0.4) is 0 Å². The Hall–Kier alpha value is -2.37. The topological polar surface area (TPSA) is 109 Å². The van der Waals surface area contributed by atoms with Gasteiger partial charge >= 0.3 is 5.97 Å². The largest absolute Gasteiger partial charge is 0.480 e. The van der Waals surface area contributed by atoms with Gasteiger partial charge in [-0.05, 0) is 30.5 Å². The molecule has 6 nitrogen and oxygen atoms in total. The van der Waals surface area contributed by atoms with E-state index in [1.54, 1.807) is 24.3 Å². The number of anilines is 1. The van der Waals surface area contributed by atoms with E-state index in [4.69, 9.17) is 10.8 Å². The molecule has 1 aliphatic carbocycles. The summed E-state index contributed by atoms with van der Waals surface area (Å²) in [5.74, 6) is -2.02. The molecule has 19 heavy (non-hydrogen) atoms. The van der Waals surface area contributed by atoms with Gasteiger partial charge in [0.1, 0.15) is 5.41 Å². The first-order valence-corrected chi connectivity index (χ1v) is 5.86. The molecule has 0 aromatic heterocycles. The zero-order valence-corrected chi connectivity index (χ0v) is 10.2. The smallest absolute Gasteiger partial charge is 0.319 e. The van der Waals surface area contributed by atoms with Gasteiger partial charge in [-0.25, -0.2) is 0 Å². The highest BCUT2D eigenvalue weighted by atomic mass is 16.4. The van der Waals surface area contributed by atoms with Crippen molar-refractivity contribution in [2.75, 3.05) is 5.32 Å². The molecule has 0 aliphatic heterocycles. The molecule has 0 heterocycles. The lowest BCUT2D eigenvalue weighted by molar-refractivity contribution is -0.147. The van der Waals surface area contributed by atoms with E-state index < -0.39 is 23.2 Å². The second-order valence-electron chi connectivity index (χ2n) is 4.68. The fourth-order valence-electron chi connectivity index (χ4n) is 1.82. The van der Waals surface area contributed by atoms with Crippen LogP contribution >= 0.6 is 0 Å². The number of hydrogen-bond donors (Lipinski definition) is 3. The minimum absolute atomic E-state index is 0.132. The molecule has 2 rings (SSSR count). The molecule has 1 aliphatic rings. The van der Waals surface area contributed by atoms with Gasteiger partial charge in [-0.1, -0.05) is 12.1 Å². The van der Waals surface area contributed by atoms with Crippen molar-refractivity contribution in [3.8, 4) is 0 Å². The Bertz CT molecular complexity index is 532. The lowest BCUT2D eigenvalue weighted by atomic mass is 10.1. The van der Waals surface area contributed by atoms with Crippen LogP contribution in [0.1, 0.15) is 18.4 Å². The van der Waals surface area contributed by atoms with Crippen molar-refractivity contribution >= 4 is 23.5 Å². The molecule has 1 aromatic carbocycles. The number of nitrogens with two attached hydrogens (primary N) is 1. The van der Waals surface area contributed by atoms with E-state index in [1.165, 1.54) is 0 Å². The highest BCUT2D eigenvalue weighted by molar-refractivity contribution is 6.10. The predicted molar refractivity (Wildman–Crippen MR) is 67.3 cm³/mol. The minimum Gasteiger partial charge on any atom is -0.480 e. The molecule has 0 spiro atoms. The lowest BCUT2D eigenvalue weighted by Gasteiger charge is -2.11. The number of carboxylic acids is 1. The summed E-state index contributed by atoms with van der Waals surface area (Å²) in [6.07, 6.45) is 0.870. The third kappa shape index (κ3) is 2.73. The van der Waals surface area contributed by atoms with Crippen LogP contribution in [0.25, 0.3) is 0 Å². The summed E-state index contributed by atoms with van der Waals surface area (Å²) >= 11 is 0. The maximum absolute atomic E-state index is 11.8. The molecule has 6 heteroatoms. The minimum atomic E-state index is -1.26. The molecule has 0 bridgehead atoms. The van der Waals surface area contributed by atoms with Gasteiger partial charge in [-0.15, -0.1) is 0 Å². The molecule has 0 unspecified atom stereocenters. The summed E-state index contributed by atoms with van der Waals surface area (Å²) in [7, 11) is 0. The van der Waals surface area contributed by atoms with Crippen LogP contribution in [-0.4, -0.2) is 22.9 Å². The van der Waals surface area contributed by atoms with Gasteiger partial charge in [0.25, 0.3) is 0 Å². The number of carbonyl (C=O) groups is 3. The summed E-state index contributed by atoms with van der Waals surface area (Å²) in [6.45, 7) is 0. The molecule has 1 saturated carbocycles. The SMILES string of the molecule is NC(=O)Cc1ccc(NC(=O)C2(C(=O)O)CC2)cc1. The van der Waals surface area contributed by atoms with Crippen molar-refractivity contribution in [1.82, 2.24) is 0 Å². The Morgan fingerprint density at radius 1 is 1.21 bits per heavy atom. The molecule has 1 fully saturated rings. The molecular weight excluding hydrogens is 248 g/mol. The van der Waals surface area contributed by atoms with Crippen LogP contribution in [0.2, 0.25) is 0 Å². The Kier molecular flexibility index (Phi) is 3.25. The Morgan fingerprint density at radius 2 is 1.79 bits per heavy atom. The molecule has 0 radical (unpaired) electrons. The Morgan fingerprint density at radius 3 is 2.21 bits per heavy atom. The summed E-state index contributed by atoms with van der Waals surface area (Å²) in [4.78, 5) is 33.5. The van der Waals surface area contributed by atoms with E-state index >= 15 is 0 Å². The normalized spacial score (nSPS) is 15.6. The maximum atomic E-state index is 11.8. The number of aliphatic carboxylic acids is 1. The number of carboxylic acid groups (broad SMARTS) is 1. The molecule has 0 atom stereocenters. The van der Waals surface area contributed by atoms with Crippen molar-refractivity contribution in [2.24, 2.45) is 11.1 Å². The van der Waals surface area contributed by atoms with E-state index in [0.29, 0.717) is 18.5 Å². The van der Waals surface area contributed by atoms with Gasteiger partial charge in [-0.3, -0.25) is 14.4 Å². The summed E-state index contributed by atoms with van der Waals surface area (Å²) in [5.41, 5.74) is 5.06. The van der Waals surface area contributed by atoms with Crippen LogP contribution in [-0.2, 0) is 20.8 Å². The fourth-order valence-corrected chi connectivity index (χ4v) is 1.82. The second kappa shape index (κ2) is 4.72. The third-order valence-corrected chi connectivity index (χ3v) is 3.18. The van der Waals surface area contributed by atoms with E-state index in [0.717, 1.165) is 5.56 Å².